The van der Waals surface area contributed by atoms with Gasteiger partial charge in [0.15, 0.2) is 16.1 Å². The van der Waals surface area contributed by atoms with Gasteiger partial charge in [0.05, 0.1) is 11.4 Å². The third-order valence-electron chi connectivity index (χ3n) is 4.81. The van der Waals surface area contributed by atoms with Crippen molar-refractivity contribution in [2.24, 2.45) is 7.05 Å². The topological polar surface area (TPSA) is 102 Å². The average Bonchev–Trinajstić information content (AvgIpc) is 3.28. The van der Waals surface area contributed by atoms with E-state index < -0.39 is 0 Å². The van der Waals surface area contributed by atoms with Gasteiger partial charge in [-0.2, -0.15) is 0 Å². The lowest BCUT2D eigenvalue weighted by atomic mass is 10.1. The number of aryl methyl sites for hydroxylation is 2. The molecule has 0 bridgehead atoms. The number of ether oxygens (including phenoxy) is 1. The van der Waals surface area contributed by atoms with Crippen molar-refractivity contribution in [1.82, 2.24) is 24.6 Å². The van der Waals surface area contributed by atoms with Crippen molar-refractivity contribution in [1.29, 1.82) is 0 Å². The standard InChI is InChI=1S/C21H26N6O3S2/c1-12-8-7-9-15(13(12)2)30-10-16-24-25-21(27(16)6)31-11-17(28)23-20-22-14(3)18(32-20)19(29)26(4)5/h7-9H,10-11H2,1-6H3,(H,22,23,28). The van der Waals surface area contributed by atoms with Gasteiger partial charge in [-0.05, 0) is 38.0 Å². The van der Waals surface area contributed by atoms with E-state index in [4.69, 9.17) is 4.74 Å². The molecule has 170 valence electrons. The van der Waals surface area contributed by atoms with E-state index in [1.165, 1.54) is 28.0 Å². The summed E-state index contributed by atoms with van der Waals surface area (Å²) < 4.78 is 7.71. The van der Waals surface area contributed by atoms with Gasteiger partial charge < -0.3 is 19.5 Å². The Morgan fingerprint density at radius 2 is 1.97 bits per heavy atom. The van der Waals surface area contributed by atoms with E-state index in [1.54, 1.807) is 21.0 Å². The van der Waals surface area contributed by atoms with Crippen LogP contribution in [0.5, 0.6) is 5.75 Å². The summed E-state index contributed by atoms with van der Waals surface area (Å²) in [6.45, 7) is 6.09. The molecular formula is C21H26N6O3S2. The predicted octanol–water partition coefficient (Wildman–Crippen LogP) is 3.21. The summed E-state index contributed by atoms with van der Waals surface area (Å²) in [5, 5.41) is 12.1. The number of aromatic nitrogens is 4. The van der Waals surface area contributed by atoms with E-state index >= 15 is 0 Å². The highest BCUT2D eigenvalue weighted by Crippen LogP contribution is 2.25. The number of thiazole rings is 1. The Hall–Kier alpha value is -2.92. The maximum Gasteiger partial charge on any atom is 0.265 e. The number of rotatable bonds is 8. The van der Waals surface area contributed by atoms with Crippen molar-refractivity contribution in [3.05, 3.63) is 45.7 Å². The Labute approximate surface area is 195 Å². The van der Waals surface area contributed by atoms with Gasteiger partial charge in [0.25, 0.3) is 5.91 Å². The molecule has 0 atom stereocenters. The molecule has 0 aliphatic carbocycles. The van der Waals surface area contributed by atoms with Crippen molar-refractivity contribution in [3.8, 4) is 5.75 Å². The molecule has 11 heteroatoms. The molecule has 2 heterocycles. The van der Waals surface area contributed by atoms with Crippen LogP contribution >= 0.6 is 23.1 Å². The molecule has 2 aromatic heterocycles. The Kier molecular flexibility index (Phi) is 7.52. The van der Waals surface area contributed by atoms with Gasteiger partial charge in [-0.25, -0.2) is 4.98 Å². The van der Waals surface area contributed by atoms with Crippen LogP contribution in [0.4, 0.5) is 5.13 Å². The molecule has 0 saturated heterocycles. The zero-order valence-corrected chi connectivity index (χ0v) is 20.6. The van der Waals surface area contributed by atoms with Crippen molar-refractivity contribution in [3.63, 3.8) is 0 Å². The number of anilines is 1. The maximum absolute atomic E-state index is 12.4. The fourth-order valence-corrected chi connectivity index (χ4v) is 4.49. The lowest BCUT2D eigenvalue weighted by Crippen LogP contribution is -2.21. The first-order valence-electron chi connectivity index (χ1n) is 9.86. The summed E-state index contributed by atoms with van der Waals surface area (Å²) in [5.74, 6) is 1.25. The molecule has 9 nitrogen and oxygen atoms in total. The van der Waals surface area contributed by atoms with Gasteiger partial charge in [-0.3, -0.25) is 9.59 Å². The number of hydrogen-bond donors (Lipinski definition) is 1. The molecule has 3 rings (SSSR count). The largest absolute Gasteiger partial charge is 0.485 e. The van der Waals surface area contributed by atoms with Crippen LogP contribution in [0.1, 0.15) is 32.3 Å². The Balaban J connectivity index is 1.56. The summed E-state index contributed by atoms with van der Waals surface area (Å²) in [4.78, 5) is 30.8. The fourth-order valence-electron chi connectivity index (χ4n) is 2.76. The fraction of sp³-hybridized carbons (Fsp3) is 0.381. The number of benzene rings is 1. The van der Waals surface area contributed by atoms with Crippen molar-refractivity contribution in [2.45, 2.75) is 32.5 Å². The first-order chi connectivity index (χ1) is 15.2. The molecule has 1 N–H and O–H groups in total. The molecule has 0 fully saturated rings. The molecule has 0 unspecified atom stereocenters. The predicted molar refractivity (Wildman–Crippen MR) is 125 cm³/mol. The highest BCUT2D eigenvalue weighted by atomic mass is 32.2. The highest BCUT2D eigenvalue weighted by molar-refractivity contribution is 7.99. The van der Waals surface area contributed by atoms with Crippen LogP contribution in [0.3, 0.4) is 0 Å². The third kappa shape index (κ3) is 5.46. The molecule has 0 saturated carbocycles. The Morgan fingerprint density at radius 3 is 2.69 bits per heavy atom. The number of hydrogen-bond acceptors (Lipinski definition) is 8. The minimum atomic E-state index is -0.233. The molecule has 1 aromatic carbocycles. The van der Waals surface area contributed by atoms with Crippen LogP contribution < -0.4 is 10.1 Å². The van der Waals surface area contributed by atoms with Crippen LogP contribution in [0.15, 0.2) is 23.4 Å². The van der Waals surface area contributed by atoms with Gasteiger partial charge in [-0.1, -0.05) is 35.2 Å². The monoisotopic (exact) mass is 474 g/mol. The summed E-state index contributed by atoms with van der Waals surface area (Å²) in [5.41, 5.74) is 2.85. The van der Waals surface area contributed by atoms with Crippen LogP contribution in [-0.2, 0) is 18.4 Å². The summed E-state index contributed by atoms with van der Waals surface area (Å²) >= 11 is 2.43. The summed E-state index contributed by atoms with van der Waals surface area (Å²) in [6, 6.07) is 5.92. The number of carbonyl (C=O) groups is 2. The second-order valence-electron chi connectivity index (χ2n) is 7.41. The zero-order chi connectivity index (χ0) is 23.4. The number of nitrogens with one attached hydrogen (secondary N) is 1. The highest BCUT2D eigenvalue weighted by Gasteiger charge is 2.18. The summed E-state index contributed by atoms with van der Waals surface area (Å²) in [7, 11) is 5.20. The van der Waals surface area contributed by atoms with Crippen LogP contribution in [-0.4, -0.2) is 56.3 Å². The second-order valence-corrected chi connectivity index (χ2v) is 9.36. The van der Waals surface area contributed by atoms with Gasteiger partial charge >= 0.3 is 0 Å². The minimum absolute atomic E-state index is 0.135. The Bertz CT molecular complexity index is 1140. The molecule has 0 spiro atoms. The van der Waals surface area contributed by atoms with Crippen LogP contribution in [0.2, 0.25) is 0 Å². The van der Waals surface area contributed by atoms with Crippen LogP contribution in [0.25, 0.3) is 0 Å². The van der Waals surface area contributed by atoms with Gasteiger partial charge in [0.1, 0.15) is 17.2 Å². The first kappa shape index (κ1) is 23.7. The normalized spacial score (nSPS) is 10.8. The van der Waals surface area contributed by atoms with Crippen molar-refractivity contribution < 1.29 is 14.3 Å². The van der Waals surface area contributed by atoms with Gasteiger partial charge in [0, 0.05) is 21.1 Å². The number of carbonyl (C=O) groups excluding carboxylic acids is 2. The lowest BCUT2D eigenvalue weighted by molar-refractivity contribution is -0.113. The van der Waals surface area contributed by atoms with Gasteiger partial charge in [0.2, 0.25) is 5.91 Å². The minimum Gasteiger partial charge on any atom is -0.485 e. The molecule has 0 radical (unpaired) electrons. The van der Waals surface area contributed by atoms with E-state index in [0.717, 1.165) is 16.9 Å². The van der Waals surface area contributed by atoms with E-state index in [0.29, 0.717) is 26.7 Å². The number of amides is 2. The van der Waals surface area contributed by atoms with E-state index in [2.05, 4.69) is 20.5 Å². The third-order valence-corrected chi connectivity index (χ3v) is 6.89. The first-order valence-corrected chi connectivity index (χ1v) is 11.7. The zero-order valence-electron chi connectivity index (χ0n) is 18.9. The molecule has 2 amide bonds. The van der Waals surface area contributed by atoms with E-state index in [-0.39, 0.29) is 24.2 Å². The maximum atomic E-state index is 12.4. The SMILES string of the molecule is Cc1cccc(OCc2nnc(SCC(=O)Nc3nc(C)c(C(=O)N(C)C)s3)n2C)c1C. The molecule has 32 heavy (non-hydrogen) atoms. The van der Waals surface area contributed by atoms with Crippen LogP contribution in [0, 0.1) is 20.8 Å². The molecule has 0 aliphatic rings. The van der Waals surface area contributed by atoms with Crippen molar-refractivity contribution in [2.75, 3.05) is 25.2 Å². The molecular weight excluding hydrogens is 448 g/mol. The Morgan fingerprint density at radius 1 is 1.22 bits per heavy atom. The molecule has 0 aliphatic heterocycles. The van der Waals surface area contributed by atoms with E-state index in [9.17, 15) is 9.59 Å². The van der Waals surface area contributed by atoms with E-state index in [1.807, 2.05) is 43.7 Å². The summed E-state index contributed by atoms with van der Waals surface area (Å²) in [6.07, 6.45) is 0. The second kappa shape index (κ2) is 10.1. The lowest BCUT2D eigenvalue weighted by Gasteiger charge is -2.10. The quantitative estimate of drug-likeness (QED) is 0.500. The smallest absolute Gasteiger partial charge is 0.265 e. The number of nitrogens with zero attached hydrogens (tertiary/aromatic N) is 5. The van der Waals surface area contributed by atoms with Gasteiger partial charge in [-0.15, -0.1) is 10.2 Å². The van der Waals surface area contributed by atoms with Crippen molar-refractivity contribution >= 4 is 40.0 Å². The average molecular weight is 475 g/mol. The number of thioether (sulfide) groups is 1. The molecule has 3 aromatic rings.